The molecule has 4 heteroatoms. The lowest BCUT2D eigenvalue weighted by Gasteiger charge is -2.05. The zero-order chi connectivity index (χ0) is 12.0. The number of hydrogen-bond acceptors (Lipinski definition) is 3. The largest absolute Gasteiger partial charge is 0.302 e. The molecule has 0 unspecified atom stereocenters. The lowest BCUT2D eigenvalue weighted by atomic mass is 10.1. The molecule has 0 aliphatic heterocycles. The Morgan fingerprint density at radius 1 is 1.50 bits per heavy atom. The van der Waals surface area contributed by atoms with Gasteiger partial charge in [-0.1, -0.05) is 18.1 Å². The van der Waals surface area contributed by atoms with Crippen LogP contribution in [-0.4, -0.2) is 11.5 Å². The summed E-state index contributed by atoms with van der Waals surface area (Å²) < 4.78 is 0. The maximum absolute atomic E-state index is 10.7. The minimum atomic E-state index is -0.356. The Morgan fingerprint density at radius 3 is 2.88 bits per heavy atom. The number of nitrogens with one attached hydrogen (secondary N) is 1. The fraction of sp³-hybridized carbons (Fsp3) is 0.333. The standard InChI is InChI=1S/C12H14N2O2/c1-3-4-8-13-9-11-6-5-7-12(10(11)2)14(15)16/h5-7,13H,8-9H2,1-2H3. The van der Waals surface area contributed by atoms with E-state index in [9.17, 15) is 10.1 Å². The van der Waals surface area contributed by atoms with Crippen molar-refractivity contribution >= 4 is 5.69 Å². The second kappa shape index (κ2) is 5.89. The number of nitrogens with zero attached hydrogens (tertiary/aromatic N) is 1. The van der Waals surface area contributed by atoms with Gasteiger partial charge in [0.2, 0.25) is 0 Å². The van der Waals surface area contributed by atoms with E-state index in [1.54, 1.807) is 19.9 Å². The van der Waals surface area contributed by atoms with Crippen LogP contribution in [0.4, 0.5) is 5.69 Å². The first-order valence-electron chi connectivity index (χ1n) is 5.00. The van der Waals surface area contributed by atoms with Crippen molar-refractivity contribution in [2.75, 3.05) is 6.54 Å². The molecule has 0 spiro atoms. The average molecular weight is 218 g/mol. The van der Waals surface area contributed by atoms with Gasteiger partial charge in [-0.05, 0) is 19.4 Å². The summed E-state index contributed by atoms with van der Waals surface area (Å²) in [5.74, 6) is 5.66. The summed E-state index contributed by atoms with van der Waals surface area (Å²) in [4.78, 5) is 10.4. The normalized spacial score (nSPS) is 9.38. The molecule has 0 heterocycles. The first-order valence-corrected chi connectivity index (χ1v) is 5.00. The zero-order valence-electron chi connectivity index (χ0n) is 9.41. The molecule has 0 aromatic heterocycles. The molecule has 1 aromatic carbocycles. The number of hydrogen-bond donors (Lipinski definition) is 1. The van der Waals surface area contributed by atoms with E-state index in [-0.39, 0.29) is 10.6 Å². The van der Waals surface area contributed by atoms with Crippen LogP contribution in [0.3, 0.4) is 0 Å². The first-order chi connectivity index (χ1) is 7.66. The molecule has 0 saturated carbocycles. The van der Waals surface area contributed by atoms with Crippen LogP contribution >= 0.6 is 0 Å². The summed E-state index contributed by atoms with van der Waals surface area (Å²) >= 11 is 0. The highest BCUT2D eigenvalue weighted by Gasteiger charge is 2.12. The summed E-state index contributed by atoms with van der Waals surface area (Å²) in [6.45, 7) is 4.74. The fourth-order valence-electron chi connectivity index (χ4n) is 1.41. The fourth-order valence-corrected chi connectivity index (χ4v) is 1.41. The van der Waals surface area contributed by atoms with Gasteiger partial charge in [0.15, 0.2) is 0 Å². The van der Waals surface area contributed by atoms with Gasteiger partial charge in [-0.25, -0.2) is 0 Å². The van der Waals surface area contributed by atoms with Crippen molar-refractivity contribution in [2.45, 2.75) is 20.4 Å². The van der Waals surface area contributed by atoms with Gasteiger partial charge in [-0.3, -0.25) is 10.1 Å². The monoisotopic (exact) mass is 218 g/mol. The van der Waals surface area contributed by atoms with E-state index in [0.29, 0.717) is 18.7 Å². The van der Waals surface area contributed by atoms with Crippen LogP contribution in [0.2, 0.25) is 0 Å². The molecule has 0 aliphatic rings. The van der Waals surface area contributed by atoms with Gasteiger partial charge < -0.3 is 5.32 Å². The van der Waals surface area contributed by atoms with Crippen molar-refractivity contribution in [3.05, 3.63) is 39.4 Å². The summed E-state index contributed by atoms with van der Waals surface area (Å²) in [5.41, 5.74) is 1.82. The van der Waals surface area contributed by atoms with E-state index in [1.165, 1.54) is 6.07 Å². The summed E-state index contributed by atoms with van der Waals surface area (Å²) in [7, 11) is 0. The predicted molar refractivity (Wildman–Crippen MR) is 63.0 cm³/mol. The molecule has 16 heavy (non-hydrogen) atoms. The molecule has 1 N–H and O–H groups in total. The van der Waals surface area contributed by atoms with Crippen molar-refractivity contribution in [3.8, 4) is 11.8 Å². The van der Waals surface area contributed by atoms with Gasteiger partial charge in [0.25, 0.3) is 5.69 Å². The van der Waals surface area contributed by atoms with Crippen LogP contribution in [-0.2, 0) is 6.54 Å². The van der Waals surface area contributed by atoms with Crippen LogP contribution in [0.25, 0.3) is 0 Å². The lowest BCUT2D eigenvalue weighted by Crippen LogP contribution is -2.14. The van der Waals surface area contributed by atoms with Crippen molar-refractivity contribution in [2.24, 2.45) is 0 Å². The zero-order valence-corrected chi connectivity index (χ0v) is 9.41. The van der Waals surface area contributed by atoms with Gasteiger partial charge in [0, 0.05) is 18.2 Å². The van der Waals surface area contributed by atoms with Gasteiger partial charge in [0.05, 0.1) is 11.5 Å². The molecular weight excluding hydrogens is 204 g/mol. The Labute approximate surface area is 94.8 Å². The van der Waals surface area contributed by atoms with Gasteiger partial charge in [-0.2, -0.15) is 0 Å². The van der Waals surface area contributed by atoms with Crippen LogP contribution < -0.4 is 5.32 Å². The molecule has 84 valence electrons. The summed E-state index contributed by atoms with van der Waals surface area (Å²) in [6.07, 6.45) is 0. The number of nitro groups is 1. The number of benzene rings is 1. The Balaban J connectivity index is 2.76. The van der Waals surface area contributed by atoms with Gasteiger partial charge in [0.1, 0.15) is 0 Å². The van der Waals surface area contributed by atoms with Gasteiger partial charge in [-0.15, -0.1) is 5.92 Å². The molecule has 0 atom stereocenters. The second-order valence-electron chi connectivity index (χ2n) is 3.35. The van der Waals surface area contributed by atoms with Crippen molar-refractivity contribution < 1.29 is 4.92 Å². The van der Waals surface area contributed by atoms with Gasteiger partial charge >= 0.3 is 0 Å². The molecule has 0 radical (unpaired) electrons. The Kier molecular flexibility index (Phi) is 4.49. The van der Waals surface area contributed by atoms with Crippen molar-refractivity contribution in [3.63, 3.8) is 0 Å². The average Bonchev–Trinajstić information content (AvgIpc) is 2.26. The maximum Gasteiger partial charge on any atom is 0.272 e. The molecular formula is C12H14N2O2. The topological polar surface area (TPSA) is 55.2 Å². The highest BCUT2D eigenvalue weighted by atomic mass is 16.6. The van der Waals surface area contributed by atoms with E-state index in [0.717, 1.165) is 5.56 Å². The molecule has 0 aliphatic carbocycles. The summed E-state index contributed by atoms with van der Waals surface area (Å²) in [5, 5.41) is 13.8. The third-order valence-electron chi connectivity index (χ3n) is 2.32. The highest BCUT2D eigenvalue weighted by molar-refractivity contribution is 5.44. The highest BCUT2D eigenvalue weighted by Crippen LogP contribution is 2.20. The maximum atomic E-state index is 10.7. The quantitative estimate of drug-likeness (QED) is 0.364. The van der Waals surface area contributed by atoms with E-state index >= 15 is 0 Å². The molecule has 0 bridgehead atoms. The van der Waals surface area contributed by atoms with Crippen LogP contribution in [0.1, 0.15) is 18.1 Å². The van der Waals surface area contributed by atoms with Crippen molar-refractivity contribution in [1.82, 2.24) is 5.32 Å². The SMILES string of the molecule is CC#CCNCc1cccc([N+](=O)[O-])c1C. The summed E-state index contributed by atoms with van der Waals surface area (Å²) in [6, 6.07) is 5.10. The molecule has 0 amide bonds. The molecule has 1 aromatic rings. The minimum absolute atomic E-state index is 0.167. The van der Waals surface area contributed by atoms with E-state index < -0.39 is 0 Å². The Bertz CT molecular complexity index is 444. The van der Waals surface area contributed by atoms with E-state index in [2.05, 4.69) is 17.2 Å². The molecule has 4 nitrogen and oxygen atoms in total. The third-order valence-corrected chi connectivity index (χ3v) is 2.32. The third kappa shape index (κ3) is 3.07. The molecule has 0 fully saturated rings. The molecule has 1 rings (SSSR count). The van der Waals surface area contributed by atoms with Crippen molar-refractivity contribution in [1.29, 1.82) is 0 Å². The molecule has 0 saturated heterocycles. The van der Waals surface area contributed by atoms with Crippen LogP contribution in [0, 0.1) is 28.9 Å². The minimum Gasteiger partial charge on any atom is -0.302 e. The van der Waals surface area contributed by atoms with Crippen LogP contribution in [0.15, 0.2) is 18.2 Å². The second-order valence-corrected chi connectivity index (χ2v) is 3.35. The van der Waals surface area contributed by atoms with Crippen LogP contribution in [0.5, 0.6) is 0 Å². The Hall–Kier alpha value is -1.86. The van der Waals surface area contributed by atoms with E-state index in [4.69, 9.17) is 0 Å². The first kappa shape index (κ1) is 12.2. The van der Waals surface area contributed by atoms with E-state index in [1.807, 2.05) is 6.07 Å². The smallest absolute Gasteiger partial charge is 0.272 e. The number of nitro benzene ring substituents is 1. The lowest BCUT2D eigenvalue weighted by molar-refractivity contribution is -0.385. The Morgan fingerprint density at radius 2 is 2.25 bits per heavy atom. The number of rotatable bonds is 4. The predicted octanol–water partition coefficient (Wildman–Crippen LogP) is 2.02.